The third kappa shape index (κ3) is 4.42. The second kappa shape index (κ2) is 8.67. The molecule has 2 aliphatic rings. The third-order valence-electron chi connectivity index (χ3n) is 6.58. The van der Waals surface area contributed by atoms with Gasteiger partial charge in [0, 0.05) is 54.6 Å². The smallest absolute Gasteiger partial charge is 0.251 e. The highest BCUT2D eigenvalue weighted by molar-refractivity contribution is 5.94. The van der Waals surface area contributed by atoms with Crippen LogP contribution in [0.25, 0.3) is 0 Å². The van der Waals surface area contributed by atoms with Gasteiger partial charge in [-0.15, -0.1) is 0 Å². The van der Waals surface area contributed by atoms with Crippen molar-refractivity contribution in [1.82, 2.24) is 10.2 Å². The summed E-state index contributed by atoms with van der Waals surface area (Å²) in [5, 5.41) is 3.13. The molecule has 4 rings (SSSR count). The summed E-state index contributed by atoms with van der Waals surface area (Å²) in [6, 6.07) is 17.8. The van der Waals surface area contributed by atoms with Gasteiger partial charge in [0.15, 0.2) is 5.78 Å². The van der Waals surface area contributed by atoms with Crippen molar-refractivity contribution in [2.75, 3.05) is 31.6 Å². The number of rotatable bonds is 5. The van der Waals surface area contributed by atoms with Crippen LogP contribution in [0.3, 0.4) is 0 Å². The van der Waals surface area contributed by atoms with Crippen molar-refractivity contribution in [2.24, 2.45) is 0 Å². The largest absolute Gasteiger partial charge is 0.349 e. The quantitative estimate of drug-likeness (QED) is 0.753. The van der Waals surface area contributed by atoms with Crippen LogP contribution in [0.2, 0.25) is 0 Å². The zero-order valence-corrected chi connectivity index (χ0v) is 18.6. The summed E-state index contributed by atoms with van der Waals surface area (Å²) in [5.41, 5.74) is 3.98. The number of piperidine rings is 1. The van der Waals surface area contributed by atoms with E-state index >= 15 is 0 Å². The Morgan fingerprint density at radius 3 is 2.35 bits per heavy atom. The first kappa shape index (κ1) is 21.3. The van der Waals surface area contributed by atoms with Gasteiger partial charge in [-0.25, -0.2) is 0 Å². The summed E-state index contributed by atoms with van der Waals surface area (Å²) in [4.78, 5) is 29.6. The second-order valence-electron chi connectivity index (χ2n) is 9.09. The van der Waals surface area contributed by atoms with Crippen molar-refractivity contribution in [2.45, 2.75) is 38.1 Å². The van der Waals surface area contributed by atoms with Crippen molar-refractivity contribution >= 4 is 17.4 Å². The average molecular weight is 418 g/mol. The molecule has 2 aromatic rings. The molecule has 0 radical (unpaired) electrons. The van der Waals surface area contributed by atoms with E-state index in [1.54, 1.807) is 0 Å². The summed E-state index contributed by atoms with van der Waals surface area (Å²) in [6.45, 7) is 6.40. The topological polar surface area (TPSA) is 52.7 Å². The molecule has 1 saturated heterocycles. The van der Waals surface area contributed by atoms with Gasteiger partial charge >= 0.3 is 0 Å². The van der Waals surface area contributed by atoms with E-state index in [0.29, 0.717) is 12.1 Å². The number of para-hydroxylation sites is 1. The van der Waals surface area contributed by atoms with Gasteiger partial charge in [0.25, 0.3) is 5.91 Å². The Kier molecular flexibility index (Phi) is 5.96. The van der Waals surface area contributed by atoms with E-state index < -0.39 is 0 Å². The molecule has 1 fully saturated rings. The first-order chi connectivity index (χ1) is 14.9. The molecule has 1 amide bonds. The summed E-state index contributed by atoms with van der Waals surface area (Å²) in [7, 11) is 2.04. The number of allylic oxidation sites excluding steroid dienone is 1. The third-order valence-corrected chi connectivity index (χ3v) is 6.58. The van der Waals surface area contributed by atoms with Crippen molar-refractivity contribution in [3.8, 4) is 0 Å². The maximum atomic E-state index is 12.9. The van der Waals surface area contributed by atoms with E-state index in [1.165, 1.54) is 11.3 Å². The fourth-order valence-electron chi connectivity index (χ4n) is 4.77. The number of benzene rings is 2. The van der Waals surface area contributed by atoms with E-state index in [-0.39, 0.29) is 23.1 Å². The van der Waals surface area contributed by atoms with Crippen molar-refractivity contribution < 1.29 is 9.59 Å². The van der Waals surface area contributed by atoms with Crippen LogP contribution in [0, 0.1) is 0 Å². The molecule has 0 spiro atoms. The zero-order chi connectivity index (χ0) is 22.0. The molecule has 0 aromatic heterocycles. The standard InChI is InChI=1S/C26H31N3O2/c1-26(2)22-11-7-8-12-23(22)28(3)24(26)17-21(30)18-29-15-13-20(14-16-29)27-25(31)19-9-5-4-6-10-19/h4-12,17,20H,13-16,18H2,1-3H3,(H,27,31)/b24-17+. The molecule has 0 saturated carbocycles. The van der Waals surface area contributed by atoms with Crippen LogP contribution in [-0.2, 0) is 10.2 Å². The molecule has 162 valence electrons. The van der Waals surface area contributed by atoms with Crippen LogP contribution in [0.1, 0.15) is 42.6 Å². The molecule has 0 unspecified atom stereocenters. The SMILES string of the molecule is CN1/C(=C/C(=O)CN2CCC(NC(=O)c3ccccc3)CC2)C(C)(C)c2ccccc21. The maximum absolute atomic E-state index is 12.9. The Hall–Kier alpha value is -2.92. The molecule has 1 N–H and O–H groups in total. The van der Waals surface area contributed by atoms with Crippen molar-refractivity contribution in [3.05, 3.63) is 77.5 Å². The minimum atomic E-state index is -0.185. The zero-order valence-electron chi connectivity index (χ0n) is 18.6. The minimum Gasteiger partial charge on any atom is -0.349 e. The van der Waals surface area contributed by atoms with Gasteiger partial charge in [-0.05, 0) is 36.6 Å². The molecular formula is C26H31N3O2. The van der Waals surface area contributed by atoms with E-state index in [0.717, 1.165) is 31.6 Å². The van der Waals surface area contributed by atoms with Gasteiger partial charge < -0.3 is 10.2 Å². The molecule has 0 atom stereocenters. The number of carbonyl (C=O) groups is 2. The van der Waals surface area contributed by atoms with Gasteiger partial charge in [0.2, 0.25) is 0 Å². The number of hydrogen-bond donors (Lipinski definition) is 1. The van der Waals surface area contributed by atoms with Crippen LogP contribution >= 0.6 is 0 Å². The fourth-order valence-corrected chi connectivity index (χ4v) is 4.77. The van der Waals surface area contributed by atoms with E-state index in [9.17, 15) is 9.59 Å². The number of amides is 1. The van der Waals surface area contributed by atoms with Crippen LogP contribution in [0.4, 0.5) is 5.69 Å². The highest BCUT2D eigenvalue weighted by Crippen LogP contribution is 2.46. The number of fused-ring (bicyclic) bond motifs is 1. The molecule has 2 heterocycles. The van der Waals surface area contributed by atoms with Gasteiger partial charge in [0.05, 0.1) is 6.54 Å². The highest BCUT2D eigenvalue weighted by atomic mass is 16.1. The molecule has 2 aromatic carbocycles. The number of nitrogens with one attached hydrogen (secondary N) is 1. The normalized spacial score (nSPS) is 20.0. The number of carbonyl (C=O) groups excluding carboxylic acids is 2. The number of ketones is 1. The summed E-state index contributed by atoms with van der Waals surface area (Å²) < 4.78 is 0. The van der Waals surface area contributed by atoms with Gasteiger partial charge in [-0.1, -0.05) is 50.2 Å². The molecule has 2 aliphatic heterocycles. The summed E-state index contributed by atoms with van der Waals surface area (Å²) >= 11 is 0. The predicted octanol–water partition coefficient (Wildman–Crippen LogP) is 3.76. The van der Waals surface area contributed by atoms with E-state index in [4.69, 9.17) is 0 Å². The number of nitrogens with zero attached hydrogens (tertiary/aromatic N) is 2. The second-order valence-corrected chi connectivity index (χ2v) is 9.09. The van der Waals surface area contributed by atoms with Crippen molar-refractivity contribution in [1.29, 1.82) is 0 Å². The van der Waals surface area contributed by atoms with E-state index in [2.05, 4.69) is 47.2 Å². The Morgan fingerprint density at radius 1 is 1.03 bits per heavy atom. The average Bonchev–Trinajstić information content (AvgIpc) is 2.96. The Balaban J connectivity index is 1.32. The van der Waals surface area contributed by atoms with Crippen LogP contribution in [0.5, 0.6) is 0 Å². The molecule has 5 heteroatoms. The van der Waals surface area contributed by atoms with Crippen LogP contribution < -0.4 is 10.2 Å². The minimum absolute atomic E-state index is 0.0223. The Morgan fingerprint density at radius 2 is 1.68 bits per heavy atom. The molecule has 0 aliphatic carbocycles. The van der Waals surface area contributed by atoms with Crippen LogP contribution in [-0.4, -0.2) is 49.3 Å². The molecular weight excluding hydrogens is 386 g/mol. The number of likely N-dealkylation sites (N-methyl/N-ethyl adjacent to an activating group) is 1. The lowest BCUT2D eigenvalue weighted by atomic mass is 9.83. The van der Waals surface area contributed by atoms with Gasteiger partial charge in [0.1, 0.15) is 0 Å². The predicted molar refractivity (Wildman–Crippen MR) is 124 cm³/mol. The van der Waals surface area contributed by atoms with Gasteiger partial charge in [-0.2, -0.15) is 0 Å². The number of anilines is 1. The lowest BCUT2D eigenvalue weighted by molar-refractivity contribution is -0.116. The molecule has 0 bridgehead atoms. The molecule has 5 nitrogen and oxygen atoms in total. The monoisotopic (exact) mass is 417 g/mol. The van der Waals surface area contributed by atoms with Crippen LogP contribution in [0.15, 0.2) is 66.4 Å². The van der Waals surface area contributed by atoms with Crippen molar-refractivity contribution in [3.63, 3.8) is 0 Å². The lowest BCUT2D eigenvalue weighted by Crippen LogP contribution is -2.45. The van der Waals surface area contributed by atoms with E-state index in [1.807, 2.05) is 49.5 Å². The summed E-state index contributed by atoms with van der Waals surface area (Å²) in [5.74, 6) is 0.112. The lowest BCUT2D eigenvalue weighted by Gasteiger charge is -2.32. The first-order valence-electron chi connectivity index (χ1n) is 11.0. The maximum Gasteiger partial charge on any atom is 0.251 e. The summed E-state index contributed by atoms with van der Waals surface area (Å²) in [6.07, 6.45) is 3.54. The van der Waals surface area contributed by atoms with Gasteiger partial charge in [-0.3, -0.25) is 14.5 Å². The highest BCUT2D eigenvalue weighted by Gasteiger charge is 2.38. The fraction of sp³-hybridized carbons (Fsp3) is 0.385. The first-order valence-corrected chi connectivity index (χ1v) is 11.0. The Bertz CT molecular complexity index is 989. The number of hydrogen-bond acceptors (Lipinski definition) is 4. The Labute approximate surface area is 184 Å². The molecule has 31 heavy (non-hydrogen) atoms. The number of likely N-dealkylation sites (tertiary alicyclic amines) is 1.